The summed E-state index contributed by atoms with van der Waals surface area (Å²) in [4.78, 5) is 8.29. The van der Waals surface area contributed by atoms with Crippen LogP contribution in [0.4, 0.5) is 11.6 Å². The van der Waals surface area contributed by atoms with E-state index in [2.05, 4.69) is 27.6 Å². The molecule has 19 heavy (non-hydrogen) atoms. The smallest absolute Gasteiger partial charge is 0.205 e. The molecule has 0 bridgehead atoms. The monoisotopic (exact) mass is 265 g/mol. The molecule has 4 N–H and O–H groups in total. The fourth-order valence-electron chi connectivity index (χ4n) is 2.74. The predicted octanol–water partition coefficient (Wildman–Crippen LogP) is 2.15. The molecule has 6 nitrogen and oxygen atoms in total. The van der Waals surface area contributed by atoms with Gasteiger partial charge in [0.2, 0.25) is 5.75 Å². The summed E-state index contributed by atoms with van der Waals surface area (Å²) in [6.07, 6.45) is 8.06. The Morgan fingerprint density at radius 3 is 2.58 bits per heavy atom. The third kappa shape index (κ3) is 3.26. The maximum absolute atomic E-state index is 5.42. The van der Waals surface area contributed by atoms with Crippen molar-refractivity contribution in [3.8, 4) is 5.75 Å². The van der Waals surface area contributed by atoms with Gasteiger partial charge in [-0.1, -0.05) is 19.3 Å². The van der Waals surface area contributed by atoms with Crippen LogP contribution >= 0.6 is 0 Å². The summed E-state index contributed by atoms with van der Waals surface area (Å²) in [5.74, 6) is 7.87. The molecule has 1 aliphatic rings. The zero-order valence-corrected chi connectivity index (χ0v) is 11.6. The fourth-order valence-corrected chi connectivity index (χ4v) is 2.74. The number of hydrazine groups is 1. The summed E-state index contributed by atoms with van der Waals surface area (Å²) >= 11 is 0. The molecule has 106 valence electrons. The van der Waals surface area contributed by atoms with Crippen molar-refractivity contribution in [1.82, 2.24) is 9.97 Å². The van der Waals surface area contributed by atoms with Gasteiger partial charge in [-0.25, -0.2) is 15.8 Å². The molecule has 0 aliphatic heterocycles. The van der Waals surface area contributed by atoms with Gasteiger partial charge < -0.3 is 15.5 Å². The second-order valence-electron chi connectivity index (χ2n) is 5.08. The van der Waals surface area contributed by atoms with Crippen LogP contribution in [0.25, 0.3) is 0 Å². The minimum absolute atomic E-state index is 0.370. The summed E-state index contributed by atoms with van der Waals surface area (Å²) in [6.45, 7) is 2.20. The van der Waals surface area contributed by atoms with Gasteiger partial charge in [0, 0.05) is 6.04 Å². The number of hydrogen-bond donors (Lipinski definition) is 3. The van der Waals surface area contributed by atoms with Crippen LogP contribution in [0.5, 0.6) is 5.75 Å². The number of anilines is 2. The molecule has 1 unspecified atom stereocenters. The van der Waals surface area contributed by atoms with Crippen LogP contribution < -0.4 is 21.3 Å². The van der Waals surface area contributed by atoms with Crippen molar-refractivity contribution < 1.29 is 4.74 Å². The Hall–Kier alpha value is -1.56. The van der Waals surface area contributed by atoms with Gasteiger partial charge in [-0.3, -0.25) is 0 Å². The molecule has 1 fully saturated rings. The maximum atomic E-state index is 5.42. The van der Waals surface area contributed by atoms with Crippen molar-refractivity contribution in [2.24, 2.45) is 11.8 Å². The number of nitrogens with zero attached hydrogens (tertiary/aromatic N) is 2. The third-order valence-corrected chi connectivity index (χ3v) is 3.87. The molecule has 2 rings (SSSR count). The van der Waals surface area contributed by atoms with Crippen LogP contribution in [0.15, 0.2) is 6.33 Å². The second kappa shape index (κ2) is 6.56. The van der Waals surface area contributed by atoms with Crippen LogP contribution in [-0.2, 0) is 0 Å². The van der Waals surface area contributed by atoms with E-state index in [4.69, 9.17) is 10.6 Å². The minimum Gasteiger partial charge on any atom is -0.490 e. The Bertz CT molecular complexity index is 406. The van der Waals surface area contributed by atoms with Crippen molar-refractivity contribution in [2.45, 2.75) is 45.1 Å². The highest BCUT2D eigenvalue weighted by Crippen LogP contribution is 2.32. The molecule has 1 saturated carbocycles. The van der Waals surface area contributed by atoms with E-state index in [0.29, 0.717) is 29.3 Å². The molecule has 1 aliphatic carbocycles. The van der Waals surface area contributed by atoms with Crippen molar-refractivity contribution in [3.63, 3.8) is 0 Å². The lowest BCUT2D eigenvalue weighted by atomic mass is 9.84. The normalized spacial score (nSPS) is 17.8. The molecule has 1 atom stereocenters. The Morgan fingerprint density at radius 1 is 1.26 bits per heavy atom. The first-order valence-corrected chi connectivity index (χ1v) is 6.88. The number of hydrogen-bond acceptors (Lipinski definition) is 6. The highest BCUT2D eigenvalue weighted by atomic mass is 16.5. The SMILES string of the molecule is COc1c(NN)ncnc1NC(C)C1CCCCC1. The lowest BCUT2D eigenvalue weighted by Gasteiger charge is -2.29. The average Bonchev–Trinajstić information content (AvgIpc) is 2.47. The molecule has 0 spiro atoms. The zero-order valence-electron chi connectivity index (χ0n) is 11.6. The first-order valence-electron chi connectivity index (χ1n) is 6.88. The molecule has 1 aromatic rings. The van der Waals surface area contributed by atoms with Crippen molar-refractivity contribution in [1.29, 1.82) is 0 Å². The molecule has 0 aromatic carbocycles. The quantitative estimate of drug-likeness (QED) is 0.559. The van der Waals surface area contributed by atoms with Crippen molar-refractivity contribution >= 4 is 11.6 Å². The Kier molecular flexibility index (Phi) is 4.79. The number of nitrogens with one attached hydrogen (secondary N) is 2. The number of rotatable bonds is 5. The van der Waals surface area contributed by atoms with E-state index in [0.717, 1.165) is 0 Å². The Morgan fingerprint density at radius 2 is 1.95 bits per heavy atom. The van der Waals surface area contributed by atoms with E-state index >= 15 is 0 Å². The number of aromatic nitrogens is 2. The van der Waals surface area contributed by atoms with Crippen molar-refractivity contribution in [2.75, 3.05) is 17.9 Å². The van der Waals surface area contributed by atoms with Crippen LogP contribution in [0, 0.1) is 5.92 Å². The van der Waals surface area contributed by atoms with Crippen molar-refractivity contribution in [3.05, 3.63) is 6.33 Å². The Balaban J connectivity index is 2.09. The van der Waals surface area contributed by atoms with Crippen LogP contribution in [-0.4, -0.2) is 23.1 Å². The molecule has 1 aromatic heterocycles. The van der Waals surface area contributed by atoms with Gasteiger partial charge in [0.05, 0.1) is 7.11 Å². The minimum atomic E-state index is 0.370. The summed E-state index contributed by atoms with van der Waals surface area (Å²) in [6, 6.07) is 0.370. The van der Waals surface area contributed by atoms with Crippen LogP contribution in [0.1, 0.15) is 39.0 Å². The van der Waals surface area contributed by atoms with E-state index in [1.807, 2.05) is 0 Å². The number of methoxy groups -OCH3 is 1. The van der Waals surface area contributed by atoms with Gasteiger partial charge in [-0.2, -0.15) is 0 Å². The van der Waals surface area contributed by atoms with Gasteiger partial charge in [-0.15, -0.1) is 0 Å². The first-order chi connectivity index (χ1) is 9.26. The van der Waals surface area contributed by atoms with Gasteiger partial charge in [0.15, 0.2) is 11.6 Å². The summed E-state index contributed by atoms with van der Waals surface area (Å²) < 4.78 is 5.33. The molecule has 6 heteroatoms. The molecular weight excluding hydrogens is 242 g/mol. The fraction of sp³-hybridized carbons (Fsp3) is 0.692. The highest BCUT2D eigenvalue weighted by molar-refractivity contribution is 5.63. The zero-order chi connectivity index (χ0) is 13.7. The van der Waals surface area contributed by atoms with E-state index in [1.54, 1.807) is 7.11 Å². The average molecular weight is 265 g/mol. The standard InChI is InChI=1S/C13H23N5O/c1-9(10-6-4-3-5-7-10)17-12-11(19-2)13(18-14)16-8-15-12/h8-10H,3-7,14H2,1-2H3,(H2,15,16,17,18). The Labute approximate surface area is 114 Å². The number of ether oxygens (including phenoxy) is 1. The maximum Gasteiger partial charge on any atom is 0.205 e. The van der Waals surface area contributed by atoms with Crippen LogP contribution in [0.2, 0.25) is 0 Å². The topological polar surface area (TPSA) is 85.1 Å². The predicted molar refractivity (Wildman–Crippen MR) is 76.1 cm³/mol. The van der Waals surface area contributed by atoms with E-state index in [-0.39, 0.29) is 0 Å². The van der Waals surface area contributed by atoms with Gasteiger partial charge in [0.25, 0.3) is 0 Å². The summed E-state index contributed by atoms with van der Waals surface area (Å²) in [5, 5.41) is 3.43. The molecule has 1 heterocycles. The summed E-state index contributed by atoms with van der Waals surface area (Å²) in [5.41, 5.74) is 2.52. The molecule has 0 saturated heterocycles. The van der Waals surface area contributed by atoms with E-state index < -0.39 is 0 Å². The molecule has 0 amide bonds. The van der Waals surface area contributed by atoms with Gasteiger partial charge >= 0.3 is 0 Å². The van der Waals surface area contributed by atoms with Gasteiger partial charge in [0.1, 0.15) is 6.33 Å². The molecule has 0 radical (unpaired) electrons. The highest BCUT2D eigenvalue weighted by Gasteiger charge is 2.22. The number of nitrogen functional groups attached to an aromatic ring is 1. The lowest BCUT2D eigenvalue weighted by Crippen LogP contribution is -2.28. The first kappa shape index (κ1) is 13.9. The van der Waals surface area contributed by atoms with Crippen LogP contribution in [0.3, 0.4) is 0 Å². The third-order valence-electron chi connectivity index (χ3n) is 3.87. The van der Waals surface area contributed by atoms with Gasteiger partial charge in [-0.05, 0) is 25.7 Å². The van der Waals surface area contributed by atoms with E-state index in [9.17, 15) is 0 Å². The largest absolute Gasteiger partial charge is 0.490 e. The molecular formula is C13H23N5O. The van der Waals surface area contributed by atoms with E-state index in [1.165, 1.54) is 38.4 Å². The summed E-state index contributed by atoms with van der Waals surface area (Å²) in [7, 11) is 1.59. The second-order valence-corrected chi connectivity index (χ2v) is 5.08. The number of nitrogens with two attached hydrogens (primary N) is 1. The lowest BCUT2D eigenvalue weighted by molar-refractivity contribution is 0.327.